The van der Waals surface area contributed by atoms with Gasteiger partial charge in [-0.05, 0) is 31.5 Å². The number of hydrogen-bond acceptors (Lipinski definition) is 4. The molecule has 1 aliphatic rings. The number of nitrogens with one attached hydrogen (secondary N) is 1. The number of anilines is 1. The average molecular weight is 439 g/mol. The number of amides is 1. The third-order valence-corrected chi connectivity index (χ3v) is 5.37. The van der Waals surface area contributed by atoms with Gasteiger partial charge in [-0.1, -0.05) is 6.07 Å². The first-order valence-electron chi connectivity index (χ1n) is 10.6. The molecule has 3 heterocycles. The molecular formula is C22H27FN8O. The number of rotatable bonds is 5. The Kier molecular flexibility index (Phi) is 6.20. The van der Waals surface area contributed by atoms with Crippen LogP contribution < -0.4 is 10.2 Å². The molecule has 4 rings (SSSR count). The van der Waals surface area contributed by atoms with Crippen LogP contribution in [0, 0.1) is 12.7 Å². The fourth-order valence-corrected chi connectivity index (χ4v) is 3.74. The van der Waals surface area contributed by atoms with E-state index < -0.39 is 0 Å². The van der Waals surface area contributed by atoms with Crippen molar-refractivity contribution in [3.05, 3.63) is 60.2 Å². The number of carbonyl (C=O) groups is 1. The summed E-state index contributed by atoms with van der Waals surface area (Å²) in [5.74, 6) is 1.02. The minimum atomic E-state index is -0.330. The van der Waals surface area contributed by atoms with Crippen LogP contribution in [0.5, 0.6) is 0 Å². The quantitative estimate of drug-likeness (QED) is 0.486. The molecule has 3 aromatic rings. The predicted octanol–water partition coefficient (Wildman–Crippen LogP) is 1.87. The van der Waals surface area contributed by atoms with E-state index >= 15 is 0 Å². The molecule has 0 saturated carbocycles. The first-order chi connectivity index (χ1) is 15.5. The van der Waals surface area contributed by atoms with Gasteiger partial charge in [0.05, 0.1) is 24.1 Å². The summed E-state index contributed by atoms with van der Waals surface area (Å²) in [5.41, 5.74) is 2.00. The molecule has 1 aliphatic heterocycles. The number of imidazole rings is 1. The highest BCUT2D eigenvalue weighted by Gasteiger charge is 2.27. The van der Waals surface area contributed by atoms with Gasteiger partial charge in [-0.25, -0.2) is 14.4 Å². The molecule has 1 amide bonds. The van der Waals surface area contributed by atoms with E-state index in [1.54, 1.807) is 38.8 Å². The molecular weight excluding hydrogens is 411 g/mol. The second kappa shape index (κ2) is 9.21. The van der Waals surface area contributed by atoms with Crippen molar-refractivity contribution in [2.24, 2.45) is 12.0 Å². The highest BCUT2D eigenvalue weighted by molar-refractivity contribution is 5.98. The maximum absolute atomic E-state index is 14.7. The Bertz CT molecular complexity index is 1130. The van der Waals surface area contributed by atoms with E-state index in [2.05, 4.69) is 20.4 Å². The first kappa shape index (κ1) is 21.5. The first-order valence-corrected chi connectivity index (χ1v) is 10.6. The minimum absolute atomic E-state index is 0.0130. The predicted molar refractivity (Wildman–Crippen MR) is 120 cm³/mol. The van der Waals surface area contributed by atoms with Gasteiger partial charge in [0.1, 0.15) is 18.2 Å². The minimum Gasteiger partial charge on any atom is -0.356 e. The largest absolute Gasteiger partial charge is 0.356 e. The van der Waals surface area contributed by atoms with E-state index in [1.807, 2.05) is 38.1 Å². The van der Waals surface area contributed by atoms with Crippen LogP contribution in [0.2, 0.25) is 0 Å². The summed E-state index contributed by atoms with van der Waals surface area (Å²) in [4.78, 5) is 25.2. The highest BCUT2D eigenvalue weighted by atomic mass is 19.1. The zero-order valence-corrected chi connectivity index (χ0v) is 18.5. The van der Waals surface area contributed by atoms with Crippen molar-refractivity contribution in [1.29, 1.82) is 0 Å². The van der Waals surface area contributed by atoms with Gasteiger partial charge in [-0.15, -0.1) is 0 Å². The van der Waals surface area contributed by atoms with E-state index in [0.717, 1.165) is 17.1 Å². The van der Waals surface area contributed by atoms with E-state index in [4.69, 9.17) is 0 Å². The van der Waals surface area contributed by atoms with Gasteiger partial charge in [0.25, 0.3) is 0 Å². The molecule has 1 saturated heterocycles. The Hall–Kier alpha value is -3.69. The van der Waals surface area contributed by atoms with Crippen LogP contribution in [-0.2, 0) is 18.4 Å². The Morgan fingerprint density at radius 3 is 2.78 bits per heavy atom. The number of nitrogens with zero attached hydrogens (tertiary/aromatic N) is 7. The molecule has 0 unspecified atom stereocenters. The standard InChI is InChI=1S/C22H27FN8O/c1-4-24-22(29-9-10-31(21(32)15-29)18-13-27-28(3)14-18)26-12-17-5-6-20(19(23)11-17)30-8-7-25-16(30)2/h5-8,11,13-14H,4,9-10,12,15H2,1-3H3,(H,24,26). The summed E-state index contributed by atoms with van der Waals surface area (Å²) in [7, 11) is 1.83. The van der Waals surface area contributed by atoms with Gasteiger partial charge >= 0.3 is 0 Å². The average Bonchev–Trinajstić information content (AvgIpc) is 3.39. The van der Waals surface area contributed by atoms with Gasteiger partial charge in [-0.2, -0.15) is 5.10 Å². The molecule has 0 bridgehead atoms. The van der Waals surface area contributed by atoms with Crippen LogP contribution in [0.1, 0.15) is 18.3 Å². The number of halogens is 1. The summed E-state index contributed by atoms with van der Waals surface area (Å²) >= 11 is 0. The lowest BCUT2D eigenvalue weighted by molar-refractivity contribution is -0.120. The molecule has 0 atom stereocenters. The second-order valence-electron chi connectivity index (χ2n) is 7.64. The third-order valence-electron chi connectivity index (χ3n) is 5.37. The molecule has 2 aromatic heterocycles. The Labute approximate surface area is 186 Å². The van der Waals surface area contributed by atoms with Crippen LogP contribution >= 0.6 is 0 Å². The third kappa shape index (κ3) is 4.48. The van der Waals surface area contributed by atoms with Gasteiger partial charge in [0.15, 0.2) is 5.96 Å². The van der Waals surface area contributed by atoms with Crippen molar-refractivity contribution >= 4 is 17.6 Å². The summed E-state index contributed by atoms with van der Waals surface area (Å²) in [6.07, 6.45) is 6.90. The number of aromatic nitrogens is 4. The maximum Gasteiger partial charge on any atom is 0.246 e. The lowest BCUT2D eigenvalue weighted by Crippen LogP contribution is -2.55. The van der Waals surface area contributed by atoms with Crippen LogP contribution in [0.3, 0.4) is 0 Å². The van der Waals surface area contributed by atoms with Crippen LogP contribution in [-0.4, -0.2) is 62.3 Å². The van der Waals surface area contributed by atoms with Crippen molar-refractivity contribution in [2.45, 2.75) is 20.4 Å². The number of aryl methyl sites for hydroxylation is 2. The molecule has 168 valence electrons. The van der Waals surface area contributed by atoms with E-state index in [9.17, 15) is 9.18 Å². The molecule has 32 heavy (non-hydrogen) atoms. The zero-order valence-electron chi connectivity index (χ0n) is 18.5. The molecule has 10 heteroatoms. The van der Waals surface area contributed by atoms with Gasteiger partial charge < -0.3 is 19.7 Å². The zero-order chi connectivity index (χ0) is 22.7. The molecule has 0 radical (unpaired) electrons. The van der Waals surface area contributed by atoms with E-state index in [1.165, 1.54) is 6.07 Å². The monoisotopic (exact) mass is 438 g/mol. The van der Waals surface area contributed by atoms with Gasteiger partial charge in [0.2, 0.25) is 5.91 Å². The smallest absolute Gasteiger partial charge is 0.246 e. The van der Waals surface area contributed by atoms with Crippen molar-refractivity contribution < 1.29 is 9.18 Å². The van der Waals surface area contributed by atoms with Crippen molar-refractivity contribution in [3.63, 3.8) is 0 Å². The fraction of sp³-hybridized carbons (Fsp3) is 0.364. The van der Waals surface area contributed by atoms with Gasteiger partial charge in [0, 0.05) is 45.3 Å². The normalized spacial score (nSPS) is 14.9. The highest BCUT2D eigenvalue weighted by Crippen LogP contribution is 2.18. The number of carbonyl (C=O) groups excluding carboxylic acids is 1. The molecule has 9 nitrogen and oxygen atoms in total. The summed E-state index contributed by atoms with van der Waals surface area (Å²) in [6, 6.07) is 5.09. The molecule has 0 spiro atoms. The molecule has 0 aliphatic carbocycles. The second-order valence-corrected chi connectivity index (χ2v) is 7.64. The van der Waals surface area contributed by atoms with E-state index in [0.29, 0.717) is 37.8 Å². The Balaban J connectivity index is 1.46. The lowest BCUT2D eigenvalue weighted by atomic mass is 10.2. The summed E-state index contributed by atoms with van der Waals surface area (Å²) in [5, 5.41) is 7.38. The van der Waals surface area contributed by atoms with Crippen LogP contribution in [0.25, 0.3) is 5.69 Å². The maximum atomic E-state index is 14.7. The Morgan fingerprint density at radius 1 is 1.31 bits per heavy atom. The summed E-state index contributed by atoms with van der Waals surface area (Å²) < 4.78 is 18.1. The molecule has 1 N–H and O–H groups in total. The number of benzene rings is 1. The SMILES string of the molecule is CCNC(=NCc1ccc(-n2ccnc2C)c(F)c1)N1CCN(c2cnn(C)c2)C(=O)C1. The van der Waals surface area contributed by atoms with Crippen molar-refractivity contribution in [1.82, 2.24) is 29.5 Å². The van der Waals surface area contributed by atoms with Crippen LogP contribution in [0.4, 0.5) is 10.1 Å². The lowest BCUT2D eigenvalue weighted by Gasteiger charge is -2.35. The number of guanidine groups is 1. The summed E-state index contributed by atoms with van der Waals surface area (Å²) in [6.45, 7) is 6.18. The number of aliphatic imine (C=N–C) groups is 1. The number of piperazine rings is 1. The molecule has 1 aromatic carbocycles. The van der Waals surface area contributed by atoms with Crippen LogP contribution in [0.15, 0.2) is 48.0 Å². The topological polar surface area (TPSA) is 83.6 Å². The number of hydrogen-bond donors (Lipinski definition) is 1. The molecule has 1 fully saturated rings. The fourth-order valence-electron chi connectivity index (χ4n) is 3.74. The van der Waals surface area contributed by atoms with E-state index in [-0.39, 0.29) is 18.3 Å². The van der Waals surface area contributed by atoms with Crippen molar-refractivity contribution in [2.75, 3.05) is 31.1 Å². The van der Waals surface area contributed by atoms with Crippen molar-refractivity contribution in [3.8, 4) is 5.69 Å². The Morgan fingerprint density at radius 2 is 2.16 bits per heavy atom. The van der Waals surface area contributed by atoms with Gasteiger partial charge in [-0.3, -0.25) is 9.48 Å².